The third-order valence-corrected chi connectivity index (χ3v) is 13.3. The second-order valence-corrected chi connectivity index (χ2v) is 16.1. The predicted molar refractivity (Wildman–Crippen MR) is 207 cm³/mol. The zero-order chi connectivity index (χ0) is 42.5. The van der Waals surface area contributed by atoms with Crippen LogP contribution in [0.15, 0.2) is 72.3 Å². The third kappa shape index (κ3) is 5.77. The molecule has 2 heterocycles. The Morgan fingerprint density at radius 3 is 2.05 bits per heavy atom. The van der Waals surface area contributed by atoms with E-state index in [0.717, 1.165) is 16.5 Å². The van der Waals surface area contributed by atoms with Crippen molar-refractivity contribution < 1.29 is 55.7 Å². The van der Waals surface area contributed by atoms with E-state index >= 15 is 8.78 Å². The summed E-state index contributed by atoms with van der Waals surface area (Å²) in [5, 5.41) is 9.98. The number of nitrogens with zero attached hydrogens (tertiary/aromatic N) is 2. The first kappa shape index (κ1) is 40.3. The van der Waals surface area contributed by atoms with E-state index in [-0.39, 0.29) is 38.9 Å². The van der Waals surface area contributed by atoms with Crippen molar-refractivity contribution in [1.29, 1.82) is 0 Å². The molecule has 304 valence electrons. The van der Waals surface area contributed by atoms with Gasteiger partial charge >= 0.3 is 0 Å². The number of anilines is 2. The molecule has 0 spiro atoms. The van der Waals surface area contributed by atoms with Crippen LogP contribution in [0, 0.1) is 46.8 Å². The first-order valence-corrected chi connectivity index (χ1v) is 19.0. The molecular weight excluding hydrogens is 846 g/mol. The zero-order valence-corrected chi connectivity index (χ0v) is 32.8. The Labute approximate surface area is 347 Å². The summed E-state index contributed by atoms with van der Waals surface area (Å²) in [4.78, 5) is 52.7. The van der Waals surface area contributed by atoms with Gasteiger partial charge in [-0.1, -0.05) is 53.6 Å². The molecule has 0 aromatic heterocycles. The molecule has 17 heteroatoms. The Kier molecular flexibility index (Phi) is 9.84. The molecule has 2 saturated heterocycles. The van der Waals surface area contributed by atoms with Gasteiger partial charge in [0.15, 0.2) is 33.0 Å². The number of rotatable bonds is 7. The minimum atomic E-state index is -2.76. The number of amides is 4. The van der Waals surface area contributed by atoms with Gasteiger partial charge in [0.1, 0.15) is 22.9 Å². The molecule has 2 aliphatic carbocycles. The average Bonchev–Trinajstić information content (AvgIpc) is 3.56. The number of hydrogen-bond donors (Lipinski definition) is 1. The fourth-order valence-electron chi connectivity index (χ4n) is 8.81. The number of fused-ring (bicyclic) bond motifs is 4. The molecule has 3 fully saturated rings. The Morgan fingerprint density at radius 1 is 0.763 bits per heavy atom. The summed E-state index contributed by atoms with van der Waals surface area (Å²) in [6, 6.07) is 15.3. The number of phenolic OH excluding ortho intramolecular Hbond substituents is 1. The molecule has 8 rings (SSSR count). The Hall–Kier alpha value is -5.44. The lowest BCUT2D eigenvalue weighted by Gasteiger charge is -2.50. The summed E-state index contributed by atoms with van der Waals surface area (Å²) in [7, 11) is 3.07. The molecule has 2 aliphatic heterocycles. The highest BCUT2D eigenvalue weighted by atomic mass is 35.5. The monoisotopic (exact) mass is 872 g/mol. The highest BCUT2D eigenvalue weighted by Gasteiger charge is 2.77. The van der Waals surface area contributed by atoms with Crippen LogP contribution in [-0.2, 0) is 19.2 Å². The number of halogens is 8. The van der Waals surface area contributed by atoms with Crippen molar-refractivity contribution in [3.05, 3.63) is 123 Å². The molecule has 1 saturated carbocycles. The number of benzene rings is 4. The molecule has 0 bridgehead atoms. The number of imide groups is 2. The van der Waals surface area contributed by atoms with Crippen molar-refractivity contribution in [3.63, 3.8) is 0 Å². The Balaban J connectivity index is 1.19. The van der Waals surface area contributed by atoms with E-state index in [1.165, 1.54) is 26.4 Å². The van der Waals surface area contributed by atoms with Crippen LogP contribution in [0.5, 0.6) is 17.2 Å². The van der Waals surface area contributed by atoms with Crippen molar-refractivity contribution in [2.45, 2.75) is 28.5 Å². The van der Waals surface area contributed by atoms with Crippen LogP contribution in [0.2, 0.25) is 5.02 Å². The van der Waals surface area contributed by atoms with Crippen molar-refractivity contribution in [3.8, 4) is 17.2 Å². The quantitative estimate of drug-likeness (QED) is 0.0376. The molecule has 0 radical (unpaired) electrons. The van der Waals surface area contributed by atoms with E-state index in [0.29, 0.717) is 17.1 Å². The number of hydrogen-bond acceptors (Lipinski definition) is 7. The second-order valence-electron chi connectivity index (χ2n) is 14.4. The van der Waals surface area contributed by atoms with Gasteiger partial charge in [-0.2, -0.15) is 0 Å². The van der Waals surface area contributed by atoms with Gasteiger partial charge in [-0.3, -0.25) is 24.1 Å². The van der Waals surface area contributed by atoms with E-state index in [1.54, 1.807) is 60.7 Å². The zero-order valence-electron chi connectivity index (χ0n) is 30.5. The summed E-state index contributed by atoms with van der Waals surface area (Å²) < 4.78 is 84.5. The minimum absolute atomic E-state index is 0.0249. The number of carbonyl (C=O) groups is 4. The smallest absolute Gasteiger partial charge is 0.258 e. The van der Waals surface area contributed by atoms with Crippen LogP contribution in [0.25, 0.3) is 12.2 Å². The van der Waals surface area contributed by atoms with E-state index < -0.39 is 98.2 Å². The van der Waals surface area contributed by atoms with E-state index in [4.69, 9.17) is 44.3 Å². The van der Waals surface area contributed by atoms with E-state index in [2.05, 4.69) is 0 Å². The maximum Gasteiger partial charge on any atom is 0.258 e. The molecule has 4 aliphatic rings. The molecule has 0 unspecified atom stereocenters. The summed E-state index contributed by atoms with van der Waals surface area (Å²) >= 11 is 20.9. The molecule has 4 aromatic carbocycles. The standard InChI is InChI=1S/C42H28Cl3F5N2O7/c1-58-22-10-14-28(59-2)19(15-22)6-3-18-4-7-20(8-5-18)51-37(54)25-13-12-23-26(29(25)38(51)55)17-41(44)39(56)52(36-34(49)32(47)31(46)33(48)35(36)50)40(57)42(41,45)30(23)24-11-9-21(53)16-27(24)43/h3-12,14-16,25-26,29-30,53H,13,17H2,1-2H3/t25-,26+,29-,30+,41+,42-/m0/s1. The first-order valence-electron chi connectivity index (χ1n) is 17.8. The number of methoxy groups -OCH3 is 2. The number of carbonyl (C=O) groups excluding carboxylic acids is 4. The highest BCUT2D eigenvalue weighted by molar-refractivity contribution is 6.58. The minimum Gasteiger partial charge on any atom is -0.508 e. The molecule has 59 heavy (non-hydrogen) atoms. The fraction of sp³-hybridized carbons (Fsp3) is 0.238. The van der Waals surface area contributed by atoms with Crippen LogP contribution in [0.3, 0.4) is 0 Å². The topological polar surface area (TPSA) is 113 Å². The lowest BCUT2D eigenvalue weighted by molar-refractivity contribution is -0.125. The first-order chi connectivity index (χ1) is 28.0. The SMILES string of the molecule is COc1ccc(OC)c(C=Cc2ccc(N3C(=O)[C@H]4[C@H](CC=C5[C@H]4C[C@@]4(Cl)C(=O)N(c6c(F)c(F)c(F)c(F)c6F)C(=O)[C@@]4(Cl)[C@H]5c4ccc(O)cc4Cl)C3=O)cc2)c1. The van der Waals surface area contributed by atoms with E-state index in [1.807, 2.05) is 0 Å². The van der Waals surface area contributed by atoms with Gasteiger partial charge in [-0.05, 0) is 72.4 Å². The predicted octanol–water partition coefficient (Wildman–Crippen LogP) is 8.70. The van der Waals surface area contributed by atoms with Crippen molar-refractivity contribution in [2.75, 3.05) is 24.0 Å². The number of allylic oxidation sites excluding steroid dienone is 2. The van der Waals surface area contributed by atoms with Gasteiger partial charge in [0.05, 0.1) is 31.7 Å². The van der Waals surface area contributed by atoms with Gasteiger partial charge < -0.3 is 14.6 Å². The van der Waals surface area contributed by atoms with Gasteiger partial charge in [-0.15, -0.1) is 23.2 Å². The van der Waals surface area contributed by atoms with Crippen LogP contribution >= 0.6 is 34.8 Å². The van der Waals surface area contributed by atoms with Crippen molar-refractivity contribution in [1.82, 2.24) is 0 Å². The number of aromatic hydroxyl groups is 1. The molecule has 4 aromatic rings. The summed E-state index contributed by atoms with van der Waals surface area (Å²) in [5.41, 5.74) is -0.0628. The number of ether oxygens (including phenoxy) is 2. The maximum absolute atomic E-state index is 15.3. The Morgan fingerprint density at radius 2 is 1.42 bits per heavy atom. The van der Waals surface area contributed by atoms with Gasteiger partial charge in [0, 0.05) is 16.5 Å². The molecule has 1 N–H and O–H groups in total. The second kappa shape index (κ2) is 14.4. The molecular formula is C42H28Cl3F5N2O7. The van der Waals surface area contributed by atoms with Gasteiger partial charge in [-0.25, -0.2) is 26.9 Å². The maximum atomic E-state index is 15.3. The van der Waals surface area contributed by atoms with Crippen molar-refractivity contribution in [2.24, 2.45) is 17.8 Å². The van der Waals surface area contributed by atoms with Crippen LogP contribution in [0.1, 0.15) is 35.4 Å². The Bertz CT molecular complexity index is 2560. The van der Waals surface area contributed by atoms with Gasteiger partial charge in [0.2, 0.25) is 17.6 Å². The van der Waals surface area contributed by atoms with Crippen molar-refractivity contribution >= 4 is 82.0 Å². The third-order valence-electron chi connectivity index (χ3n) is 11.6. The van der Waals surface area contributed by atoms with Gasteiger partial charge in [0.25, 0.3) is 11.8 Å². The molecule has 4 amide bonds. The average molecular weight is 874 g/mol. The summed E-state index contributed by atoms with van der Waals surface area (Å²) in [5.74, 6) is -21.0. The van der Waals surface area contributed by atoms with Crippen LogP contribution < -0.4 is 19.3 Å². The number of phenols is 1. The summed E-state index contributed by atoms with van der Waals surface area (Å²) in [6.07, 6.45) is 4.38. The lowest BCUT2D eigenvalue weighted by Crippen LogP contribution is -2.60. The molecule has 6 atom stereocenters. The fourth-order valence-corrected chi connectivity index (χ4v) is 10.0. The van der Waals surface area contributed by atoms with E-state index in [9.17, 15) is 37.5 Å². The summed E-state index contributed by atoms with van der Waals surface area (Å²) in [6.45, 7) is 0. The normalized spacial score (nSPS) is 26.3. The molecule has 9 nitrogen and oxygen atoms in total. The highest BCUT2D eigenvalue weighted by Crippen LogP contribution is 2.66. The van der Waals surface area contributed by atoms with Crippen LogP contribution in [0.4, 0.5) is 33.3 Å². The number of alkyl halides is 2. The lowest BCUT2D eigenvalue weighted by atomic mass is 9.56. The van der Waals surface area contributed by atoms with Crippen LogP contribution in [-0.4, -0.2) is 52.7 Å². The largest absolute Gasteiger partial charge is 0.508 e.